The lowest BCUT2D eigenvalue weighted by atomic mass is 10.0. The van der Waals surface area contributed by atoms with Crippen LogP contribution < -0.4 is 9.62 Å². The highest BCUT2D eigenvalue weighted by Crippen LogP contribution is 2.29. The summed E-state index contributed by atoms with van der Waals surface area (Å²) in [7, 11) is -4.36. The summed E-state index contributed by atoms with van der Waals surface area (Å²) in [6.07, 6.45) is 1.72. The van der Waals surface area contributed by atoms with Gasteiger partial charge in [0.1, 0.15) is 18.4 Å². The van der Waals surface area contributed by atoms with E-state index in [0.29, 0.717) is 17.1 Å². The molecule has 0 heterocycles. The van der Waals surface area contributed by atoms with Crippen molar-refractivity contribution >= 4 is 62.3 Å². The SMILES string of the molecule is CCCCNC(=O)C(Cc1ccccc1)N(Cc1ccc(Cl)cc1Cl)C(=O)CN(c1ccc(F)c(Cl)c1)S(=O)(=O)c1ccccc1. The van der Waals surface area contributed by atoms with Gasteiger partial charge in [-0.15, -0.1) is 0 Å². The number of hydrogen-bond donors (Lipinski definition) is 1. The fourth-order valence-electron chi connectivity index (χ4n) is 4.78. The predicted octanol–water partition coefficient (Wildman–Crippen LogP) is 7.54. The van der Waals surface area contributed by atoms with Crippen LogP contribution in [-0.2, 0) is 32.6 Å². The third-order valence-electron chi connectivity index (χ3n) is 7.26. The van der Waals surface area contributed by atoms with Crippen LogP contribution in [0.1, 0.15) is 30.9 Å². The van der Waals surface area contributed by atoms with Crippen LogP contribution in [0.5, 0.6) is 0 Å². The van der Waals surface area contributed by atoms with Gasteiger partial charge in [-0.3, -0.25) is 13.9 Å². The molecule has 0 aliphatic carbocycles. The van der Waals surface area contributed by atoms with Crippen LogP contribution in [0.4, 0.5) is 10.1 Å². The number of amides is 2. The number of carbonyl (C=O) groups is 2. The smallest absolute Gasteiger partial charge is 0.264 e. The summed E-state index contributed by atoms with van der Waals surface area (Å²) in [6, 6.07) is 23.9. The average molecular weight is 705 g/mol. The molecule has 242 valence electrons. The molecule has 4 rings (SSSR count). The van der Waals surface area contributed by atoms with E-state index >= 15 is 0 Å². The molecule has 1 N–H and O–H groups in total. The van der Waals surface area contributed by atoms with Crippen molar-refractivity contribution in [3.8, 4) is 0 Å². The summed E-state index contributed by atoms with van der Waals surface area (Å²) < 4.78 is 43.0. The first-order valence-corrected chi connectivity index (χ1v) is 17.2. The molecule has 0 radical (unpaired) electrons. The number of benzene rings is 4. The molecule has 7 nitrogen and oxygen atoms in total. The first kappa shape index (κ1) is 35.2. The molecule has 46 heavy (non-hydrogen) atoms. The van der Waals surface area contributed by atoms with Crippen LogP contribution in [0, 0.1) is 5.82 Å². The average Bonchev–Trinajstić information content (AvgIpc) is 3.04. The largest absolute Gasteiger partial charge is 0.354 e. The van der Waals surface area contributed by atoms with Crippen LogP contribution in [0.2, 0.25) is 15.1 Å². The van der Waals surface area contributed by atoms with Crippen molar-refractivity contribution in [3.63, 3.8) is 0 Å². The molecule has 1 atom stereocenters. The van der Waals surface area contributed by atoms with Gasteiger partial charge in [-0.1, -0.05) is 103 Å². The van der Waals surface area contributed by atoms with Crippen molar-refractivity contribution < 1.29 is 22.4 Å². The van der Waals surface area contributed by atoms with E-state index in [4.69, 9.17) is 34.8 Å². The highest BCUT2D eigenvalue weighted by molar-refractivity contribution is 7.92. The minimum atomic E-state index is -4.36. The zero-order valence-electron chi connectivity index (χ0n) is 25.0. The molecule has 0 fully saturated rings. The molecular formula is C34H33Cl3FN3O4S. The van der Waals surface area contributed by atoms with Crippen molar-refractivity contribution in [1.29, 1.82) is 0 Å². The number of hydrogen-bond acceptors (Lipinski definition) is 4. The number of unbranched alkanes of at least 4 members (excludes halogenated alkanes) is 1. The Balaban J connectivity index is 1.82. The number of nitrogens with one attached hydrogen (secondary N) is 1. The highest BCUT2D eigenvalue weighted by Gasteiger charge is 2.35. The molecular weight excluding hydrogens is 672 g/mol. The second kappa shape index (κ2) is 16.3. The quantitative estimate of drug-likeness (QED) is 0.138. The number of carbonyl (C=O) groups excluding carboxylic acids is 2. The number of anilines is 1. The first-order chi connectivity index (χ1) is 22.0. The van der Waals surface area contributed by atoms with Crippen molar-refractivity contribution in [2.45, 2.75) is 43.7 Å². The van der Waals surface area contributed by atoms with Gasteiger partial charge in [0.15, 0.2) is 0 Å². The van der Waals surface area contributed by atoms with Crippen molar-refractivity contribution in [2.24, 2.45) is 0 Å². The molecule has 0 bridgehead atoms. The van der Waals surface area contributed by atoms with Gasteiger partial charge >= 0.3 is 0 Å². The standard InChI is InChI=1S/C34H33Cl3FN3O4S/c1-2-3-18-39-34(43)32(19-24-10-6-4-7-11-24)40(22-25-14-15-26(35)20-29(25)36)33(42)23-41(27-16-17-31(38)30(37)21-27)46(44,45)28-12-8-5-9-13-28/h4-17,20-21,32H,2-3,18-19,22-23H2,1H3,(H,39,43). The third kappa shape index (κ3) is 9.00. The molecule has 2 amide bonds. The number of rotatable bonds is 14. The van der Waals surface area contributed by atoms with E-state index in [-0.39, 0.29) is 33.6 Å². The first-order valence-electron chi connectivity index (χ1n) is 14.6. The molecule has 12 heteroatoms. The maximum absolute atomic E-state index is 14.5. The molecule has 0 spiro atoms. The molecule has 4 aromatic rings. The monoisotopic (exact) mass is 703 g/mol. The van der Waals surface area contributed by atoms with Gasteiger partial charge in [-0.25, -0.2) is 12.8 Å². The van der Waals surface area contributed by atoms with Crippen molar-refractivity contribution in [1.82, 2.24) is 10.2 Å². The van der Waals surface area contributed by atoms with Gasteiger partial charge in [0.05, 0.1) is 15.6 Å². The summed E-state index contributed by atoms with van der Waals surface area (Å²) in [5.74, 6) is -1.85. The summed E-state index contributed by atoms with van der Waals surface area (Å²) >= 11 is 18.7. The summed E-state index contributed by atoms with van der Waals surface area (Å²) in [5.41, 5.74) is 1.26. The van der Waals surface area contributed by atoms with Crippen LogP contribution in [0.15, 0.2) is 102 Å². The second-order valence-electron chi connectivity index (χ2n) is 10.5. The van der Waals surface area contributed by atoms with E-state index < -0.39 is 40.2 Å². The van der Waals surface area contributed by atoms with Crippen molar-refractivity contribution in [2.75, 3.05) is 17.4 Å². The maximum atomic E-state index is 14.5. The molecule has 0 saturated heterocycles. The Labute approximate surface area is 283 Å². The van der Waals surface area contributed by atoms with E-state index in [9.17, 15) is 22.4 Å². The Morgan fingerprint density at radius 1 is 0.870 bits per heavy atom. The van der Waals surface area contributed by atoms with E-state index in [1.165, 1.54) is 29.2 Å². The molecule has 0 aromatic heterocycles. The van der Waals surface area contributed by atoms with Gasteiger partial charge in [-0.05, 0) is 60.0 Å². The zero-order chi connectivity index (χ0) is 33.3. The molecule has 0 saturated carbocycles. The normalized spacial score (nSPS) is 11.9. The number of nitrogens with zero attached hydrogens (tertiary/aromatic N) is 2. The fourth-order valence-corrected chi connectivity index (χ4v) is 6.85. The molecule has 0 aliphatic rings. The minimum Gasteiger partial charge on any atom is -0.354 e. The Bertz CT molecular complexity index is 1760. The summed E-state index contributed by atoms with van der Waals surface area (Å²) in [4.78, 5) is 29.5. The zero-order valence-corrected chi connectivity index (χ0v) is 28.1. The fraction of sp³-hybridized carbons (Fsp3) is 0.235. The van der Waals surface area contributed by atoms with Crippen LogP contribution in [0.3, 0.4) is 0 Å². The number of sulfonamides is 1. The second-order valence-corrected chi connectivity index (χ2v) is 13.6. The van der Waals surface area contributed by atoms with Crippen LogP contribution in [-0.4, -0.2) is 44.3 Å². The van der Waals surface area contributed by atoms with Crippen LogP contribution in [0.25, 0.3) is 0 Å². The Morgan fingerprint density at radius 3 is 2.17 bits per heavy atom. The predicted molar refractivity (Wildman–Crippen MR) is 181 cm³/mol. The maximum Gasteiger partial charge on any atom is 0.264 e. The van der Waals surface area contributed by atoms with Gasteiger partial charge in [-0.2, -0.15) is 0 Å². The highest BCUT2D eigenvalue weighted by atomic mass is 35.5. The lowest BCUT2D eigenvalue weighted by molar-refractivity contribution is -0.140. The Kier molecular flexibility index (Phi) is 12.5. The van der Waals surface area contributed by atoms with Gasteiger partial charge in [0, 0.05) is 29.6 Å². The van der Waals surface area contributed by atoms with E-state index in [1.807, 2.05) is 37.3 Å². The van der Waals surface area contributed by atoms with Gasteiger partial charge < -0.3 is 10.2 Å². The Hall–Kier alpha value is -3.63. The summed E-state index contributed by atoms with van der Waals surface area (Å²) in [6.45, 7) is 1.54. The minimum absolute atomic E-state index is 0.0277. The van der Waals surface area contributed by atoms with Crippen molar-refractivity contribution in [3.05, 3.63) is 129 Å². The van der Waals surface area contributed by atoms with E-state index in [2.05, 4.69) is 5.32 Å². The molecule has 0 aliphatic heterocycles. The third-order valence-corrected chi connectivity index (χ3v) is 9.92. The molecule has 4 aromatic carbocycles. The lowest BCUT2D eigenvalue weighted by Crippen LogP contribution is -2.53. The van der Waals surface area contributed by atoms with E-state index in [0.717, 1.165) is 34.8 Å². The van der Waals surface area contributed by atoms with E-state index in [1.54, 1.807) is 30.3 Å². The van der Waals surface area contributed by atoms with Gasteiger partial charge in [0.25, 0.3) is 10.0 Å². The topological polar surface area (TPSA) is 86.8 Å². The lowest BCUT2D eigenvalue weighted by Gasteiger charge is -2.34. The Morgan fingerprint density at radius 2 is 1.54 bits per heavy atom. The summed E-state index contributed by atoms with van der Waals surface area (Å²) in [5, 5.41) is 3.27. The molecule has 1 unspecified atom stereocenters. The van der Waals surface area contributed by atoms with Crippen LogP contribution >= 0.6 is 34.8 Å². The van der Waals surface area contributed by atoms with Gasteiger partial charge in [0.2, 0.25) is 11.8 Å². The number of halogens is 4.